The first-order valence-corrected chi connectivity index (χ1v) is 7.09. The van der Waals surface area contributed by atoms with Crippen molar-refractivity contribution in [2.75, 3.05) is 14.2 Å². The van der Waals surface area contributed by atoms with E-state index in [0.717, 1.165) is 11.1 Å². The maximum Gasteiger partial charge on any atom is 0.215 e. The molecule has 0 spiro atoms. The largest absolute Gasteiger partial charge is 0.346 e. The van der Waals surface area contributed by atoms with Gasteiger partial charge in [0.05, 0.1) is 0 Å². The summed E-state index contributed by atoms with van der Waals surface area (Å²) in [5.74, 6) is -0.841. The van der Waals surface area contributed by atoms with Crippen molar-refractivity contribution in [2.45, 2.75) is 9.02 Å². The summed E-state index contributed by atoms with van der Waals surface area (Å²) in [4.78, 5) is 0. The summed E-state index contributed by atoms with van der Waals surface area (Å²) >= 11 is 7.17. The first-order valence-electron chi connectivity index (χ1n) is 5.50. The molecule has 0 atom stereocenters. The van der Waals surface area contributed by atoms with E-state index in [0.29, 0.717) is 0 Å². The van der Waals surface area contributed by atoms with Gasteiger partial charge in [0.15, 0.2) is 0 Å². The molecule has 1 aliphatic rings. The van der Waals surface area contributed by atoms with Crippen molar-refractivity contribution in [1.82, 2.24) is 0 Å². The van der Waals surface area contributed by atoms with Crippen molar-refractivity contribution < 1.29 is 9.47 Å². The molecule has 0 N–H and O–H groups in total. The van der Waals surface area contributed by atoms with E-state index in [1.54, 1.807) is 14.2 Å². The molecule has 0 radical (unpaired) electrons. The van der Waals surface area contributed by atoms with Gasteiger partial charge in [-0.25, -0.2) is 0 Å². The molecule has 1 aromatic rings. The van der Waals surface area contributed by atoms with Gasteiger partial charge in [0.25, 0.3) is 0 Å². The molecule has 0 amide bonds. The summed E-state index contributed by atoms with van der Waals surface area (Å²) in [6, 6.07) is 10.0. The van der Waals surface area contributed by atoms with Crippen LogP contribution in [0.5, 0.6) is 0 Å². The molecular weight excluding hydrogens is 360 g/mol. The lowest BCUT2D eigenvalue weighted by Gasteiger charge is -2.35. The molecule has 0 aliphatic heterocycles. The number of alkyl halides is 2. The first-order chi connectivity index (χ1) is 8.53. The van der Waals surface area contributed by atoms with Crippen LogP contribution in [0.2, 0.25) is 0 Å². The van der Waals surface area contributed by atoms with Gasteiger partial charge in [-0.3, -0.25) is 0 Å². The molecule has 18 heavy (non-hydrogen) atoms. The zero-order valence-corrected chi connectivity index (χ0v) is 13.4. The van der Waals surface area contributed by atoms with E-state index in [9.17, 15) is 0 Å². The van der Waals surface area contributed by atoms with Crippen molar-refractivity contribution in [3.63, 3.8) is 0 Å². The Morgan fingerprint density at radius 2 is 1.56 bits per heavy atom. The first kappa shape index (κ1) is 14.0. The molecule has 0 aromatic heterocycles. The zero-order chi connectivity index (χ0) is 13.2. The topological polar surface area (TPSA) is 18.5 Å². The van der Waals surface area contributed by atoms with Crippen LogP contribution < -0.4 is 0 Å². The third-order valence-electron chi connectivity index (χ3n) is 2.93. The Kier molecular flexibility index (Phi) is 4.11. The van der Waals surface area contributed by atoms with Crippen LogP contribution in [-0.4, -0.2) is 23.2 Å². The van der Waals surface area contributed by atoms with Gasteiger partial charge >= 0.3 is 0 Å². The second-order valence-corrected chi connectivity index (χ2v) is 7.70. The van der Waals surface area contributed by atoms with Crippen LogP contribution in [0.15, 0.2) is 48.6 Å². The summed E-state index contributed by atoms with van der Waals surface area (Å²) in [6.45, 7) is 0. The van der Waals surface area contributed by atoms with Crippen molar-refractivity contribution >= 4 is 37.4 Å². The number of halogens is 2. The van der Waals surface area contributed by atoms with Crippen molar-refractivity contribution in [3.05, 3.63) is 54.1 Å². The fourth-order valence-corrected chi connectivity index (χ4v) is 2.72. The Bertz CT molecular complexity index is 474. The molecule has 1 aliphatic carbocycles. The van der Waals surface area contributed by atoms with E-state index in [1.165, 1.54) is 0 Å². The summed E-state index contributed by atoms with van der Waals surface area (Å²) in [6.07, 6.45) is 5.89. The smallest absolute Gasteiger partial charge is 0.215 e. The molecule has 0 saturated heterocycles. The standard InChI is InChI=1S/C14H14Br2O2/c1-17-14(18-2)9-8-13(15,16)10-12(14)11-6-4-3-5-7-11/h3-10H,1-2H3. The molecule has 2 rings (SSSR count). The van der Waals surface area contributed by atoms with Gasteiger partial charge in [0.2, 0.25) is 5.79 Å². The van der Waals surface area contributed by atoms with Crippen molar-refractivity contribution in [3.8, 4) is 0 Å². The Morgan fingerprint density at radius 1 is 0.944 bits per heavy atom. The molecule has 4 heteroatoms. The molecule has 0 saturated carbocycles. The van der Waals surface area contributed by atoms with Crippen LogP contribution in [0.1, 0.15) is 5.56 Å². The van der Waals surface area contributed by atoms with E-state index in [1.807, 2.05) is 48.6 Å². The van der Waals surface area contributed by atoms with Gasteiger partial charge in [-0.2, -0.15) is 0 Å². The summed E-state index contributed by atoms with van der Waals surface area (Å²) in [5.41, 5.74) is 2.03. The lowest BCUT2D eigenvalue weighted by atomic mass is 9.92. The third-order valence-corrected chi connectivity index (χ3v) is 3.91. The number of hydrogen-bond donors (Lipinski definition) is 0. The molecule has 0 bridgehead atoms. The molecule has 2 nitrogen and oxygen atoms in total. The minimum atomic E-state index is -0.841. The molecule has 0 fully saturated rings. The molecule has 96 valence electrons. The maximum atomic E-state index is 5.57. The lowest BCUT2D eigenvalue weighted by molar-refractivity contribution is -0.125. The van der Waals surface area contributed by atoms with E-state index in [2.05, 4.69) is 31.9 Å². The number of hydrogen-bond acceptors (Lipinski definition) is 2. The minimum absolute atomic E-state index is 0.369. The van der Waals surface area contributed by atoms with Gasteiger partial charge in [0.1, 0.15) is 3.23 Å². The number of ether oxygens (including phenoxy) is 2. The monoisotopic (exact) mass is 372 g/mol. The zero-order valence-electron chi connectivity index (χ0n) is 10.2. The highest BCUT2D eigenvalue weighted by Gasteiger charge is 2.38. The Balaban J connectivity index is 2.54. The van der Waals surface area contributed by atoms with Crippen LogP contribution in [0.4, 0.5) is 0 Å². The number of allylic oxidation sites excluding steroid dienone is 2. The highest BCUT2D eigenvalue weighted by atomic mass is 79.9. The predicted molar refractivity (Wildman–Crippen MR) is 80.9 cm³/mol. The van der Waals surface area contributed by atoms with Crippen molar-refractivity contribution in [2.24, 2.45) is 0 Å². The third kappa shape index (κ3) is 2.62. The SMILES string of the molecule is COC1(OC)C=CC(Br)(Br)C=C1c1ccccc1. The fourth-order valence-electron chi connectivity index (χ4n) is 1.99. The van der Waals surface area contributed by atoms with Gasteiger partial charge in [-0.15, -0.1) is 0 Å². The highest BCUT2D eigenvalue weighted by molar-refractivity contribution is 9.25. The van der Waals surface area contributed by atoms with E-state index >= 15 is 0 Å². The normalized spacial score (nSPS) is 20.6. The Morgan fingerprint density at radius 3 is 2.11 bits per heavy atom. The summed E-state index contributed by atoms with van der Waals surface area (Å²) in [5, 5.41) is 0. The number of methoxy groups -OCH3 is 2. The van der Waals surface area contributed by atoms with Crippen LogP contribution in [0.25, 0.3) is 5.57 Å². The second-order valence-electron chi connectivity index (χ2n) is 4.01. The number of benzene rings is 1. The van der Waals surface area contributed by atoms with Crippen LogP contribution in [-0.2, 0) is 9.47 Å². The van der Waals surface area contributed by atoms with E-state index in [4.69, 9.17) is 9.47 Å². The fraction of sp³-hybridized carbons (Fsp3) is 0.286. The predicted octanol–water partition coefficient (Wildman–Crippen LogP) is 4.12. The number of rotatable bonds is 3. The molecular formula is C14H14Br2O2. The maximum absolute atomic E-state index is 5.57. The average Bonchev–Trinajstić information content (AvgIpc) is 2.40. The molecule has 1 aromatic carbocycles. The van der Waals surface area contributed by atoms with E-state index in [-0.39, 0.29) is 3.23 Å². The average molecular weight is 374 g/mol. The molecule has 0 heterocycles. The van der Waals surface area contributed by atoms with Gasteiger partial charge in [0, 0.05) is 19.8 Å². The Hall–Kier alpha value is -0.420. The van der Waals surface area contributed by atoms with Crippen LogP contribution >= 0.6 is 31.9 Å². The van der Waals surface area contributed by atoms with Crippen LogP contribution in [0.3, 0.4) is 0 Å². The second kappa shape index (κ2) is 5.29. The Labute approximate surface area is 124 Å². The van der Waals surface area contributed by atoms with Gasteiger partial charge in [-0.05, 0) is 17.7 Å². The van der Waals surface area contributed by atoms with Gasteiger partial charge < -0.3 is 9.47 Å². The summed E-state index contributed by atoms with van der Waals surface area (Å²) in [7, 11) is 3.28. The van der Waals surface area contributed by atoms with Crippen LogP contribution in [0, 0.1) is 0 Å². The molecule has 0 unspecified atom stereocenters. The highest BCUT2D eigenvalue weighted by Crippen LogP contribution is 2.43. The minimum Gasteiger partial charge on any atom is -0.346 e. The van der Waals surface area contributed by atoms with E-state index < -0.39 is 5.79 Å². The van der Waals surface area contributed by atoms with Gasteiger partial charge in [-0.1, -0.05) is 68.3 Å². The lowest BCUT2D eigenvalue weighted by Crippen LogP contribution is -2.36. The van der Waals surface area contributed by atoms with Crippen molar-refractivity contribution in [1.29, 1.82) is 0 Å². The quantitative estimate of drug-likeness (QED) is 0.451. The summed E-state index contributed by atoms with van der Waals surface area (Å²) < 4.78 is 10.8.